The van der Waals surface area contributed by atoms with Gasteiger partial charge < -0.3 is 15.0 Å². The summed E-state index contributed by atoms with van der Waals surface area (Å²) in [6.45, 7) is 7.40. The van der Waals surface area contributed by atoms with Gasteiger partial charge in [0.05, 0.1) is 0 Å². The molecular formula is C24H50N2O2. The Morgan fingerprint density at radius 3 is 1.46 bits per heavy atom. The van der Waals surface area contributed by atoms with E-state index < -0.39 is 0 Å². The van der Waals surface area contributed by atoms with Crippen molar-refractivity contribution in [1.29, 1.82) is 0 Å². The van der Waals surface area contributed by atoms with E-state index in [1.165, 1.54) is 89.9 Å². The maximum Gasteiger partial charge on any atom is 0.409 e. The van der Waals surface area contributed by atoms with Gasteiger partial charge in [-0.1, -0.05) is 104 Å². The molecule has 0 unspecified atom stereocenters. The van der Waals surface area contributed by atoms with Crippen molar-refractivity contribution in [3.05, 3.63) is 0 Å². The first-order valence-electron chi connectivity index (χ1n) is 12.3. The van der Waals surface area contributed by atoms with Crippen LogP contribution in [0.1, 0.15) is 117 Å². The number of likely N-dealkylation sites (N-methyl/N-ethyl adjacent to an activating group) is 1. The highest BCUT2D eigenvalue weighted by Crippen LogP contribution is 2.12. The van der Waals surface area contributed by atoms with E-state index in [4.69, 9.17) is 4.74 Å². The van der Waals surface area contributed by atoms with Crippen LogP contribution in [0.4, 0.5) is 4.79 Å². The molecule has 0 saturated carbocycles. The monoisotopic (exact) mass is 398 g/mol. The highest BCUT2D eigenvalue weighted by Gasteiger charge is 2.14. The molecule has 0 aromatic carbocycles. The molecule has 0 fully saturated rings. The standard InChI is InChI=1S/C24H50N2O2/c1-4-6-8-10-12-14-16-18-21-26(24(27)28-23-20-25-3)22-19-17-15-13-11-9-7-5-2/h25H,4-23H2,1-3H3. The van der Waals surface area contributed by atoms with E-state index >= 15 is 0 Å². The van der Waals surface area contributed by atoms with Crippen LogP contribution < -0.4 is 5.32 Å². The summed E-state index contributed by atoms with van der Waals surface area (Å²) in [4.78, 5) is 14.3. The summed E-state index contributed by atoms with van der Waals surface area (Å²) in [5, 5.41) is 3.03. The van der Waals surface area contributed by atoms with Crippen molar-refractivity contribution >= 4 is 6.09 Å². The summed E-state index contributed by atoms with van der Waals surface area (Å²) in [7, 11) is 1.88. The summed E-state index contributed by atoms with van der Waals surface area (Å²) in [6, 6.07) is 0. The maximum atomic E-state index is 12.4. The highest BCUT2D eigenvalue weighted by molar-refractivity contribution is 5.67. The molecule has 0 bridgehead atoms. The average Bonchev–Trinajstić information content (AvgIpc) is 2.70. The number of ether oxygens (including phenoxy) is 1. The van der Waals surface area contributed by atoms with Crippen molar-refractivity contribution < 1.29 is 9.53 Å². The van der Waals surface area contributed by atoms with E-state index in [1.807, 2.05) is 11.9 Å². The summed E-state index contributed by atoms with van der Waals surface area (Å²) in [5.41, 5.74) is 0. The number of hydrogen-bond donors (Lipinski definition) is 1. The first-order chi connectivity index (χ1) is 13.8. The molecule has 1 N–H and O–H groups in total. The van der Waals surface area contributed by atoms with Gasteiger partial charge >= 0.3 is 6.09 Å². The van der Waals surface area contributed by atoms with Gasteiger partial charge in [-0.25, -0.2) is 4.79 Å². The van der Waals surface area contributed by atoms with Gasteiger partial charge in [-0.3, -0.25) is 0 Å². The Labute approximate surface area is 176 Å². The highest BCUT2D eigenvalue weighted by atomic mass is 16.6. The quantitative estimate of drug-likeness (QED) is 0.213. The molecule has 0 atom stereocenters. The van der Waals surface area contributed by atoms with Gasteiger partial charge in [0.25, 0.3) is 0 Å². The van der Waals surface area contributed by atoms with Gasteiger partial charge in [0.1, 0.15) is 6.61 Å². The van der Waals surface area contributed by atoms with E-state index in [9.17, 15) is 4.79 Å². The molecule has 168 valence electrons. The third-order valence-electron chi connectivity index (χ3n) is 5.40. The molecule has 0 rings (SSSR count). The number of nitrogens with zero attached hydrogens (tertiary/aromatic N) is 1. The van der Waals surface area contributed by atoms with Crippen molar-refractivity contribution in [2.75, 3.05) is 33.3 Å². The molecule has 0 saturated heterocycles. The van der Waals surface area contributed by atoms with Crippen LogP contribution in [0.5, 0.6) is 0 Å². The van der Waals surface area contributed by atoms with Crippen LogP contribution in [0.2, 0.25) is 0 Å². The topological polar surface area (TPSA) is 41.6 Å². The van der Waals surface area contributed by atoms with E-state index in [2.05, 4.69) is 19.2 Å². The second-order valence-corrected chi connectivity index (χ2v) is 8.15. The third kappa shape index (κ3) is 18.6. The Kier molecular flexibility index (Phi) is 21.9. The van der Waals surface area contributed by atoms with Crippen molar-refractivity contribution in [3.63, 3.8) is 0 Å². The van der Waals surface area contributed by atoms with Crippen LogP contribution in [0.3, 0.4) is 0 Å². The second-order valence-electron chi connectivity index (χ2n) is 8.15. The summed E-state index contributed by atoms with van der Waals surface area (Å²) < 4.78 is 5.41. The van der Waals surface area contributed by atoms with Gasteiger partial charge in [0.15, 0.2) is 0 Å². The molecule has 0 spiro atoms. The van der Waals surface area contributed by atoms with E-state index in [-0.39, 0.29) is 6.09 Å². The Morgan fingerprint density at radius 1 is 0.679 bits per heavy atom. The third-order valence-corrected chi connectivity index (χ3v) is 5.40. The van der Waals surface area contributed by atoms with Crippen molar-refractivity contribution in [3.8, 4) is 0 Å². The van der Waals surface area contributed by atoms with E-state index in [0.29, 0.717) is 6.61 Å². The van der Waals surface area contributed by atoms with Gasteiger partial charge in [0, 0.05) is 19.6 Å². The fourth-order valence-corrected chi connectivity index (χ4v) is 3.50. The van der Waals surface area contributed by atoms with Gasteiger partial charge in [-0.2, -0.15) is 0 Å². The molecular weight excluding hydrogens is 348 g/mol. The summed E-state index contributed by atoms with van der Waals surface area (Å²) >= 11 is 0. The zero-order chi connectivity index (χ0) is 20.7. The molecule has 28 heavy (non-hydrogen) atoms. The number of carbonyl (C=O) groups is 1. The van der Waals surface area contributed by atoms with E-state index in [1.54, 1.807) is 0 Å². The Bertz CT molecular complexity index is 304. The number of hydrogen-bond acceptors (Lipinski definition) is 3. The lowest BCUT2D eigenvalue weighted by Gasteiger charge is -2.22. The summed E-state index contributed by atoms with van der Waals surface area (Å²) in [5.74, 6) is 0. The van der Waals surface area contributed by atoms with Gasteiger partial charge in [-0.05, 0) is 19.9 Å². The van der Waals surface area contributed by atoms with Gasteiger partial charge in [0.2, 0.25) is 0 Å². The number of unbranched alkanes of at least 4 members (excludes halogenated alkanes) is 14. The molecule has 0 aliphatic carbocycles. The zero-order valence-electron chi connectivity index (χ0n) is 19.4. The lowest BCUT2D eigenvalue weighted by molar-refractivity contribution is 0.102. The first kappa shape index (κ1) is 27.2. The SMILES string of the molecule is CCCCCCCCCCN(CCCCCCCCCC)C(=O)OCCNC. The summed E-state index contributed by atoms with van der Waals surface area (Å²) in [6.07, 6.45) is 20.6. The molecule has 0 radical (unpaired) electrons. The molecule has 4 nitrogen and oxygen atoms in total. The smallest absolute Gasteiger partial charge is 0.409 e. The molecule has 0 aromatic rings. The minimum atomic E-state index is -0.124. The van der Waals surface area contributed by atoms with Crippen LogP contribution in [-0.4, -0.2) is 44.3 Å². The predicted octanol–water partition coefficient (Wildman–Crippen LogP) is 6.93. The number of amides is 1. The molecule has 0 aliphatic rings. The van der Waals surface area contributed by atoms with Crippen molar-refractivity contribution in [1.82, 2.24) is 10.2 Å². The second kappa shape index (κ2) is 22.5. The Balaban J connectivity index is 3.93. The zero-order valence-corrected chi connectivity index (χ0v) is 19.4. The molecule has 0 aliphatic heterocycles. The van der Waals surface area contributed by atoms with Crippen LogP contribution in [-0.2, 0) is 4.74 Å². The first-order valence-corrected chi connectivity index (χ1v) is 12.3. The normalized spacial score (nSPS) is 11.0. The Morgan fingerprint density at radius 2 is 1.07 bits per heavy atom. The molecule has 1 amide bonds. The Hall–Kier alpha value is -0.770. The van der Waals surface area contributed by atoms with Crippen LogP contribution in [0, 0.1) is 0 Å². The van der Waals surface area contributed by atoms with Crippen LogP contribution in [0.15, 0.2) is 0 Å². The number of carbonyl (C=O) groups excluding carboxylic acids is 1. The lowest BCUT2D eigenvalue weighted by atomic mass is 10.1. The fourth-order valence-electron chi connectivity index (χ4n) is 3.50. The fraction of sp³-hybridized carbons (Fsp3) is 0.958. The lowest BCUT2D eigenvalue weighted by Crippen LogP contribution is -2.34. The minimum absolute atomic E-state index is 0.124. The molecule has 0 aromatic heterocycles. The minimum Gasteiger partial charge on any atom is -0.448 e. The maximum absolute atomic E-state index is 12.4. The van der Waals surface area contributed by atoms with Crippen LogP contribution >= 0.6 is 0 Å². The van der Waals surface area contributed by atoms with E-state index in [0.717, 1.165) is 32.5 Å². The van der Waals surface area contributed by atoms with Crippen molar-refractivity contribution in [2.45, 2.75) is 117 Å². The van der Waals surface area contributed by atoms with Crippen LogP contribution in [0.25, 0.3) is 0 Å². The average molecular weight is 399 g/mol. The molecule has 0 heterocycles. The largest absolute Gasteiger partial charge is 0.448 e. The number of rotatable bonds is 21. The molecule has 4 heteroatoms. The number of nitrogens with one attached hydrogen (secondary N) is 1. The van der Waals surface area contributed by atoms with Gasteiger partial charge in [-0.15, -0.1) is 0 Å². The predicted molar refractivity (Wildman–Crippen MR) is 122 cm³/mol. The van der Waals surface area contributed by atoms with Crippen molar-refractivity contribution in [2.24, 2.45) is 0 Å².